The maximum absolute atomic E-state index is 12.7. The Labute approximate surface area is 171 Å². The number of ketones is 2. The van der Waals surface area contributed by atoms with Gasteiger partial charge in [0.1, 0.15) is 5.78 Å². The van der Waals surface area contributed by atoms with Gasteiger partial charge in [0.2, 0.25) is 11.8 Å². The summed E-state index contributed by atoms with van der Waals surface area (Å²) in [5.74, 6) is -1.31. The summed E-state index contributed by atoms with van der Waals surface area (Å²) in [7, 11) is 1.69. The number of β-amino-alcohol motifs (C(OH)–C–C–N with tert-alkyl or cyclic N) is 1. The molecule has 3 atom stereocenters. The third-order valence-corrected chi connectivity index (χ3v) is 5.22. The molecule has 0 radical (unpaired) electrons. The highest BCUT2D eigenvalue weighted by Crippen LogP contribution is 2.24. The van der Waals surface area contributed by atoms with Crippen LogP contribution in [0, 0.1) is 5.92 Å². The van der Waals surface area contributed by atoms with Gasteiger partial charge in [-0.05, 0) is 12.5 Å². The molecule has 1 saturated heterocycles. The molecule has 1 aromatic rings. The van der Waals surface area contributed by atoms with Gasteiger partial charge < -0.3 is 19.7 Å². The van der Waals surface area contributed by atoms with Crippen LogP contribution in [0.4, 0.5) is 0 Å². The highest BCUT2D eigenvalue weighted by Gasteiger charge is 2.40. The van der Waals surface area contributed by atoms with Crippen LogP contribution in [0.25, 0.3) is 0 Å². The standard InChI is InChI=1S/C22H30N2O5/c1-15(11-16(2)25)22(29)24-14-18(26)12-19(24)20(27)9-10-21(28)23(3)13-17-7-5-4-6-8-17/h4-8,15,18-19,26H,9-14H2,1-3H3/t15-,18-,19+/m1/s1. The zero-order chi connectivity index (χ0) is 21.6. The molecule has 2 rings (SSSR count). The average molecular weight is 402 g/mol. The maximum Gasteiger partial charge on any atom is 0.226 e. The first-order valence-corrected chi connectivity index (χ1v) is 9.97. The Morgan fingerprint density at radius 3 is 2.45 bits per heavy atom. The molecule has 2 amide bonds. The van der Waals surface area contributed by atoms with Gasteiger partial charge in [-0.3, -0.25) is 14.4 Å². The minimum atomic E-state index is -0.770. The molecule has 0 bridgehead atoms. The molecule has 1 fully saturated rings. The van der Waals surface area contributed by atoms with E-state index in [-0.39, 0.29) is 55.6 Å². The molecular weight excluding hydrogens is 372 g/mol. The largest absolute Gasteiger partial charge is 0.391 e. The second-order valence-corrected chi connectivity index (χ2v) is 7.90. The molecule has 7 nitrogen and oxygen atoms in total. The van der Waals surface area contributed by atoms with Crippen LogP contribution >= 0.6 is 0 Å². The molecule has 1 heterocycles. The molecule has 1 N–H and O–H groups in total. The number of likely N-dealkylation sites (tertiary alicyclic amines) is 1. The number of benzene rings is 1. The topological polar surface area (TPSA) is 95.0 Å². The van der Waals surface area contributed by atoms with E-state index in [0.29, 0.717) is 6.54 Å². The summed E-state index contributed by atoms with van der Waals surface area (Å²) in [6, 6.07) is 8.84. The first-order valence-electron chi connectivity index (χ1n) is 9.97. The summed E-state index contributed by atoms with van der Waals surface area (Å²) < 4.78 is 0. The van der Waals surface area contributed by atoms with Crippen molar-refractivity contribution in [1.29, 1.82) is 0 Å². The van der Waals surface area contributed by atoms with Gasteiger partial charge in [-0.25, -0.2) is 0 Å². The molecule has 0 spiro atoms. The third kappa shape index (κ3) is 6.49. The second kappa shape index (κ2) is 10.3. The van der Waals surface area contributed by atoms with Crippen molar-refractivity contribution in [1.82, 2.24) is 9.80 Å². The minimum Gasteiger partial charge on any atom is -0.391 e. The van der Waals surface area contributed by atoms with Crippen LogP contribution in [-0.4, -0.2) is 64.0 Å². The van der Waals surface area contributed by atoms with Gasteiger partial charge >= 0.3 is 0 Å². The van der Waals surface area contributed by atoms with Crippen molar-refractivity contribution in [2.75, 3.05) is 13.6 Å². The Hall–Kier alpha value is -2.54. The van der Waals surface area contributed by atoms with Crippen LogP contribution in [0.5, 0.6) is 0 Å². The first-order chi connectivity index (χ1) is 13.7. The molecule has 1 aliphatic rings. The number of hydrogen-bond acceptors (Lipinski definition) is 5. The number of hydrogen-bond donors (Lipinski definition) is 1. The Bertz CT molecular complexity index is 749. The van der Waals surface area contributed by atoms with E-state index in [0.717, 1.165) is 5.56 Å². The molecule has 0 aromatic heterocycles. The molecule has 0 unspecified atom stereocenters. The van der Waals surface area contributed by atoms with E-state index in [1.54, 1.807) is 18.9 Å². The van der Waals surface area contributed by atoms with Crippen molar-refractivity contribution in [3.05, 3.63) is 35.9 Å². The van der Waals surface area contributed by atoms with E-state index in [1.807, 2.05) is 30.3 Å². The highest BCUT2D eigenvalue weighted by molar-refractivity contribution is 5.93. The van der Waals surface area contributed by atoms with Gasteiger partial charge in [0.15, 0.2) is 5.78 Å². The summed E-state index contributed by atoms with van der Waals surface area (Å²) in [5.41, 5.74) is 1.00. The lowest BCUT2D eigenvalue weighted by molar-refractivity contribution is -0.142. The Morgan fingerprint density at radius 1 is 1.17 bits per heavy atom. The SMILES string of the molecule is CC(=O)C[C@@H](C)C(=O)N1C[C@H](O)C[C@H]1C(=O)CCC(=O)N(C)Cc1ccccc1. The van der Waals surface area contributed by atoms with Gasteiger partial charge in [0, 0.05) is 51.7 Å². The summed E-state index contributed by atoms with van der Waals surface area (Å²) in [4.78, 5) is 51.9. The van der Waals surface area contributed by atoms with E-state index in [4.69, 9.17) is 0 Å². The van der Waals surface area contributed by atoms with Gasteiger partial charge in [0.25, 0.3) is 0 Å². The number of amides is 2. The smallest absolute Gasteiger partial charge is 0.226 e. The van der Waals surface area contributed by atoms with Crippen molar-refractivity contribution in [2.24, 2.45) is 5.92 Å². The maximum atomic E-state index is 12.7. The second-order valence-electron chi connectivity index (χ2n) is 7.90. The van der Waals surface area contributed by atoms with E-state index >= 15 is 0 Å². The van der Waals surface area contributed by atoms with Gasteiger partial charge in [-0.2, -0.15) is 0 Å². The van der Waals surface area contributed by atoms with Crippen LogP contribution in [0.3, 0.4) is 0 Å². The Kier molecular flexibility index (Phi) is 8.08. The molecule has 158 valence electrons. The zero-order valence-corrected chi connectivity index (χ0v) is 17.3. The van der Waals surface area contributed by atoms with Gasteiger partial charge in [0.05, 0.1) is 12.1 Å². The Morgan fingerprint density at radius 2 is 1.83 bits per heavy atom. The lowest BCUT2D eigenvalue weighted by atomic mass is 10.0. The summed E-state index contributed by atoms with van der Waals surface area (Å²) in [6.07, 6.45) is -0.422. The van der Waals surface area contributed by atoms with Crippen molar-refractivity contribution < 1.29 is 24.3 Å². The number of Topliss-reactive ketones (excluding diaryl/α,β-unsaturated/α-hetero) is 2. The van der Waals surface area contributed by atoms with E-state index < -0.39 is 18.1 Å². The predicted molar refractivity (Wildman–Crippen MR) is 108 cm³/mol. The van der Waals surface area contributed by atoms with Crippen molar-refractivity contribution in [3.8, 4) is 0 Å². The Balaban J connectivity index is 1.91. The molecule has 29 heavy (non-hydrogen) atoms. The number of carbonyl (C=O) groups is 4. The van der Waals surface area contributed by atoms with Gasteiger partial charge in [-0.15, -0.1) is 0 Å². The number of aliphatic hydroxyl groups is 1. The monoisotopic (exact) mass is 402 g/mol. The lowest BCUT2D eigenvalue weighted by Crippen LogP contribution is -2.43. The molecule has 0 aliphatic carbocycles. The fourth-order valence-corrected chi connectivity index (χ4v) is 3.70. The minimum absolute atomic E-state index is 0.0141. The quantitative estimate of drug-likeness (QED) is 0.677. The molecule has 1 aliphatic heterocycles. The normalized spacial score (nSPS) is 19.7. The van der Waals surface area contributed by atoms with E-state index in [1.165, 1.54) is 11.8 Å². The van der Waals surface area contributed by atoms with Crippen molar-refractivity contribution >= 4 is 23.4 Å². The fraction of sp³-hybridized carbons (Fsp3) is 0.545. The zero-order valence-electron chi connectivity index (χ0n) is 17.3. The number of aliphatic hydroxyl groups excluding tert-OH is 1. The van der Waals surface area contributed by atoms with E-state index in [2.05, 4.69) is 0 Å². The van der Waals surface area contributed by atoms with Crippen LogP contribution < -0.4 is 0 Å². The molecule has 7 heteroatoms. The van der Waals surface area contributed by atoms with Gasteiger partial charge in [-0.1, -0.05) is 37.3 Å². The van der Waals surface area contributed by atoms with Crippen LogP contribution in [-0.2, 0) is 25.7 Å². The summed E-state index contributed by atoms with van der Waals surface area (Å²) in [6.45, 7) is 3.61. The number of rotatable bonds is 9. The number of nitrogens with zero attached hydrogens (tertiary/aromatic N) is 2. The molecule has 1 aromatic carbocycles. The van der Waals surface area contributed by atoms with Crippen LogP contribution in [0.2, 0.25) is 0 Å². The van der Waals surface area contributed by atoms with Crippen molar-refractivity contribution in [3.63, 3.8) is 0 Å². The van der Waals surface area contributed by atoms with E-state index in [9.17, 15) is 24.3 Å². The lowest BCUT2D eigenvalue weighted by Gasteiger charge is -2.26. The van der Waals surface area contributed by atoms with Crippen LogP contribution in [0.15, 0.2) is 30.3 Å². The first kappa shape index (κ1) is 22.7. The van der Waals surface area contributed by atoms with Crippen molar-refractivity contribution in [2.45, 2.75) is 58.2 Å². The molecular formula is C22H30N2O5. The fourth-order valence-electron chi connectivity index (χ4n) is 3.70. The summed E-state index contributed by atoms with van der Waals surface area (Å²) in [5, 5.41) is 9.97. The van der Waals surface area contributed by atoms with Crippen LogP contribution in [0.1, 0.15) is 45.1 Å². The average Bonchev–Trinajstić information content (AvgIpc) is 3.07. The number of carbonyl (C=O) groups excluding carboxylic acids is 4. The predicted octanol–water partition coefficient (Wildman–Crippen LogP) is 1.57. The highest BCUT2D eigenvalue weighted by atomic mass is 16.3. The third-order valence-electron chi connectivity index (χ3n) is 5.22. The molecule has 0 saturated carbocycles. The summed E-state index contributed by atoms with van der Waals surface area (Å²) >= 11 is 0.